The monoisotopic (exact) mass is 393 g/mol. The third-order valence-corrected chi connectivity index (χ3v) is 5.75. The molecule has 6 nitrogen and oxygen atoms in total. The van der Waals surface area contributed by atoms with Gasteiger partial charge in [-0.3, -0.25) is 14.5 Å². The molecule has 1 N–H and O–H groups in total. The van der Waals surface area contributed by atoms with E-state index in [1.807, 2.05) is 72.5 Å². The van der Waals surface area contributed by atoms with Gasteiger partial charge < -0.3 is 15.0 Å². The molecule has 2 heterocycles. The van der Waals surface area contributed by atoms with E-state index in [4.69, 9.17) is 4.74 Å². The van der Waals surface area contributed by atoms with E-state index in [0.717, 1.165) is 37.3 Å². The average Bonchev–Trinajstić information content (AvgIpc) is 2.74. The molecule has 2 aliphatic rings. The van der Waals surface area contributed by atoms with Crippen molar-refractivity contribution in [2.45, 2.75) is 31.5 Å². The number of amides is 2. The molecule has 2 aromatic rings. The van der Waals surface area contributed by atoms with Gasteiger partial charge in [0.25, 0.3) is 5.91 Å². The molecule has 0 radical (unpaired) electrons. The van der Waals surface area contributed by atoms with Crippen LogP contribution >= 0.6 is 0 Å². The van der Waals surface area contributed by atoms with E-state index in [-0.39, 0.29) is 17.4 Å². The third kappa shape index (κ3) is 4.49. The quantitative estimate of drug-likeness (QED) is 0.868. The predicted molar refractivity (Wildman–Crippen MR) is 113 cm³/mol. The van der Waals surface area contributed by atoms with Crippen LogP contribution < -0.4 is 10.2 Å². The summed E-state index contributed by atoms with van der Waals surface area (Å²) in [5.74, 6) is -0.00216. The van der Waals surface area contributed by atoms with Crippen molar-refractivity contribution in [1.29, 1.82) is 0 Å². The molecule has 2 aliphatic heterocycles. The Balaban J connectivity index is 1.36. The Morgan fingerprint density at radius 3 is 2.34 bits per heavy atom. The second-order valence-electron chi connectivity index (χ2n) is 7.89. The predicted octanol–water partition coefficient (Wildman–Crippen LogP) is 2.91. The van der Waals surface area contributed by atoms with Crippen LogP contribution in [0.5, 0.6) is 0 Å². The molecule has 4 rings (SSSR count). The first-order valence-corrected chi connectivity index (χ1v) is 10.2. The average molecular weight is 393 g/mol. The molecule has 2 saturated heterocycles. The molecule has 0 saturated carbocycles. The molecular formula is C23H27N3O3. The molecule has 2 fully saturated rings. The number of hydrogen-bond acceptors (Lipinski definition) is 4. The molecule has 2 aromatic carbocycles. The van der Waals surface area contributed by atoms with Gasteiger partial charge in [-0.2, -0.15) is 0 Å². The SMILES string of the molecule is CC1OC2(CCN(CC(=O)Nc3ccccc3)CC2)CN(c2ccccc2)C1=O. The summed E-state index contributed by atoms with van der Waals surface area (Å²) in [6.45, 7) is 4.29. The van der Waals surface area contributed by atoms with Crippen LogP contribution in [0.25, 0.3) is 0 Å². The van der Waals surface area contributed by atoms with Gasteiger partial charge >= 0.3 is 0 Å². The van der Waals surface area contributed by atoms with E-state index in [1.165, 1.54) is 0 Å². The van der Waals surface area contributed by atoms with Gasteiger partial charge in [0.15, 0.2) is 0 Å². The van der Waals surface area contributed by atoms with Crippen LogP contribution in [0.4, 0.5) is 11.4 Å². The zero-order valence-electron chi connectivity index (χ0n) is 16.7. The molecule has 0 aliphatic carbocycles. The van der Waals surface area contributed by atoms with Crippen molar-refractivity contribution in [2.75, 3.05) is 36.4 Å². The maximum atomic E-state index is 12.7. The van der Waals surface area contributed by atoms with Crippen molar-refractivity contribution in [3.05, 3.63) is 60.7 Å². The summed E-state index contributed by atoms with van der Waals surface area (Å²) in [5.41, 5.74) is 1.37. The summed E-state index contributed by atoms with van der Waals surface area (Å²) in [7, 11) is 0. The van der Waals surface area contributed by atoms with Crippen molar-refractivity contribution < 1.29 is 14.3 Å². The maximum absolute atomic E-state index is 12.7. The lowest BCUT2D eigenvalue weighted by Crippen LogP contribution is -2.61. The zero-order valence-corrected chi connectivity index (χ0v) is 16.7. The normalized spacial score (nSPS) is 21.9. The highest BCUT2D eigenvalue weighted by Gasteiger charge is 2.45. The van der Waals surface area contributed by atoms with Crippen LogP contribution in [0.2, 0.25) is 0 Å². The molecule has 2 amide bonds. The Hall–Kier alpha value is -2.70. The van der Waals surface area contributed by atoms with Gasteiger partial charge in [0.2, 0.25) is 5.91 Å². The second kappa shape index (κ2) is 8.35. The van der Waals surface area contributed by atoms with Gasteiger partial charge in [-0.05, 0) is 44.0 Å². The van der Waals surface area contributed by atoms with Crippen LogP contribution in [-0.2, 0) is 14.3 Å². The summed E-state index contributed by atoms with van der Waals surface area (Å²) in [6.07, 6.45) is 1.14. The fourth-order valence-corrected chi connectivity index (χ4v) is 4.19. The Bertz CT molecular complexity index is 848. The number of carbonyl (C=O) groups excluding carboxylic acids is 2. The number of rotatable bonds is 4. The Kier molecular flexibility index (Phi) is 5.65. The summed E-state index contributed by atoms with van der Waals surface area (Å²) in [4.78, 5) is 29.0. The van der Waals surface area contributed by atoms with Crippen molar-refractivity contribution in [1.82, 2.24) is 4.90 Å². The largest absolute Gasteiger partial charge is 0.360 e. The number of benzene rings is 2. The summed E-state index contributed by atoms with van der Waals surface area (Å²) >= 11 is 0. The highest BCUT2D eigenvalue weighted by Crippen LogP contribution is 2.34. The number of nitrogens with zero attached hydrogens (tertiary/aromatic N) is 2. The zero-order chi connectivity index (χ0) is 20.3. The number of nitrogens with one attached hydrogen (secondary N) is 1. The van der Waals surface area contributed by atoms with E-state index in [9.17, 15) is 9.59 Å². The molecule has 1 unspecified atom stereocenters. The minimum atomic E-state index is -0.461. The molecule has 152 valence electrons. The summed E-state index contributed by atoms with van der Waals surface area (Å²) in [6, 6.07) is 19.3. The van der Waals surface area contributed by atoms with Crippen LogP contribution in [0, 0.1) is 0 Å². The fourth-order valence-electron chi connectivity index (χ4n) is 4.19. The van der Waals surface area contributed by atoms with E-state index >= 15 is 0 Å². The van der Waals surface area contributed by atoms with Crippen LogP contribution in [0.15, 0.2) is 60.7 Å². The highest BCUT2D eigenvalue weighted by atomic mass is 16.5. The van der Waals surface area contributed by atoms with Crippen LogP contribution in [-0.4, -0.2) is 54.6 Å². The Morgan fingerprint density at radius 2 is 1.69 bits per heavy atom. The van der Waals surface area contributed by atoms with Gasteiger partial charge in [-0.1, -0.05) is 36.4 Å². The first kappa shape index (κ1) is 19.6. The minimum absolute atomic E-state index is 0.00601. The number of morpholine rings is 1. The molecule has 0 aromatic heterocycles. The van der Waals surface area contributed by atoms with Crippen LogP contribution in [0.1, 0.15) is 19.8 Å². The highest BCUT2D eigenvalue weighted by molar-refractivity contribution is 5.97. The Morgan fingerprint density at radius 1 is 1.07 bits per heavy atom. The van der Waals surface area contributed by atoms with E-state index in [1.54, 1.807) is 0 Å². The van der Waals surface area contributed by atoms with Gasteiger partial charge in [-0.15, -0.1) is 0 Å². The summed E-state index contributed by atoms with van der Waals surface area (Å²) in [5, 5.41) is 2.94. The first-order valence-electron chi connectivity index (χ1n) is 10.2. The molecule has 29 heavy (non-hydrogen) atoms. The van der Waals surface area contributed by atoms with E-state index in [0.29, 0.717) is 13.1 Å². The molecular weight excluding hydrogens is 366 g/mol. The Labute approximate surface area is 171 Å². The number of likely N-dealkylation sites (tertiary alicyclic amines) is 1. The number of ether oxygens (including phenoxy) is 1. The lowest BCUT2D eigenvalue weighted by atomic mass is 9.88. The van der Waals surface area contributed by atoms with Crippen molar-refractivity contribution in [3.63, 3.8) is 0 Å². The first-order chi connectivity index (χ1) is 14.0. The smallest absolute Gasteiger partial charge is 0.255 e. The van der Waals surface area contributed by atoms with E-state index in [2.05, 4.69) is 10.2 Å². The molecule has 1 atom stereocenters. The summed E-state index contributed by atoms with van der Waals surface area (Å²) < 4.78 is 6.21. The topological polar surface area (TPSA) is 61.9 Å². The van der Waals surface area contributed by atoms with Gasteiger partial charge in [0, 0.05) is 24.5 Å². The van der Waals surface area contributed by atoms with Crippen LogP contribution in [0.3, 0.4) is 0 Å². The number of anilines is 2. The number of carbonyl (C=O) groups is 2. The number of piperidine rings is 1. The standard InChI is InChI=1S/C23H27N3O3/c1-18-22(28)26(20-10-6-3-7-11-20)17-23(29-18)12-14-25(15-13-23)16-21(27)24-19-8-4-2-5-9-19/h2-11,18H,12-17H2,1H3,(H,24,27). The molecule has 0 bridgehead atoms. The molecule has 1 spiro atoms. The van der Waals surface area contributed by atoms with Crippen molar-refractivity contribution in [3.8, 4) is 0 Å². The third-order valence-electron chi connectivity index (χ3n) is 5.75. The lowest BCUT2D eigenvalue weighted by Gasteiger charge is -2.48. The lowest BCUT2D eigenvalue weighted by molar-refractivity contribution is -0.161. The van der Waals surface area contributed by atoms with Gasteiger partial charge in [0.1, 0.15) is 6.10 Å². The van der Waals surface area contributed by atoms with Crippen molar-refractivity contribution in [2.24, 2.45) is 0 Å². The minimum Gasteiger partial charge on any atom is -0.360 e. The molecule has 6 heteroatoms. The van der Waals surface area contributed by atoms with Crippen molar-refractivity contribution >= 4 is 23.2 Å². The number of hydrogen-bond donors (Lipinski definition) is 1. The van der Waals surface area contributed by atoms with Gasteiger partial charge in [0.05, 0.1) is 18.7 Å². The van der Waals surface area contributed by atoms with Gasteiger partial charge in [-0.25, -0.2) is 0 Å². The second-order valence-corrected chi connectivity index (χ2v) is 7.89. The van der Waals surface area contributed by atoms with E-state index < -0.39 is 6.10 Å². The number of para-hydroxylation sites is 2. The maximum Gasteiger partial charge on any atom is 0.255 e. The fraction of sp³-hybridized carbons (Fsp3) is 0.391.